The first-order valence-electron chi connectivity index (χ1n) is 5.00. The minimum atomic E-state index is 0.178. The molecule has 1 N–H and O–H groups in total. The zero-order chi connectivity index (χ0) is 10.8. The molecule has 80 valence electrons. The number of hydrogen-bond donors (Lipinski definition) is 1. The quantitative estimate of drug-likeness (QED) is 0.860. The van der Waals surface area contributed by atoms with Crippen molar-refractivity contribution in [3.8, 4) is 0 Å². The molecular weight excluding hydrogens is 206 g/mol. The number of hydrogen-bond acceptors (Lipinski definition) is 3. The molecule has 0 radical (unpaired) electrons. The van der Waals surface area contributed by atoms with E-state index in [0.717, 1.165) is 5.76 Å². The normalized spacial score (nSPS) is 13.0. The smallest absolute Gasteiger partial charge is 0.126 e. The zero-order valence-electron chi connectivity index (χ0n) is 9.20. The van der Waals surface area contributed by atoms with Crippen molar-refractivity contribution in [3.63, 3.8) is 0 Å². The van der Waals surface area contributed by atoms with Crippen molar-refractivity contribution in [3.05, 3.63) is 45.5 Å². The minimum absolute atomic E-state index is 0.178. The van der Waals surface area contributed by atoms with E-state index < -0.39 is 0 Å². The fourth-order valence-corrected chi connectivity index (χ4v) is 2.79. The van der Waals surface area contributed by atoms with Crippen LogP contribution in [0.1, 0.15) is 27.1 Å². The van der Waals surface area contributed by atoms with Crippen LogP contribution in [0.25, 0.3) is 0 Å². The van der Waals surface area contributed by atoms with Gasteiger partial charge in [-0.05, 0) is 44.7 Å². The summed E-state index contributed by atoms with van der Waals surface area (Å²) in [5.74, 6) is 0.971. The van der Waals surface area contributed by atoms with Crippen LogP contribution in [0.15, 0.2) is 28.9 Å². The number of rotatable bonds is 3. The van der Waals surface area contributed by atoms with Crippen LogP contribution in [0.5, 0.6) is 0 Å². The molecule has 0 amide bonds. The van der Waals surface area contributed by atoms with E-state index in [1.807, 2.05) is 30.5 Å². The van der Waals surface area contributed by atoms with E-state index in [2.05, 4.69) is 25.2 Å². The van der Waals surface area contributed by atoms with Crippen molar-refractivity contribution in [2.45, 2.75) is 19.9 Å². The summed E-state index contributed by atoms with van der Waals surface area (Å²) >= 11 is 1.82. The second kappa shape index (κ2) is 4.21. The van der Waals surface area contributed by atoms with Crippen LogP contribution in [0, 0.1) is 13.8 Å². The molecule has 0 bridgehead atoms. The summed E-state index contributed by atoms with van der Waals surface area (Å²) in [6.07, 6.45) is 1.72. The Kier molecular flexibility index (Phi) is 2.93. The summed E-state index contributed by atoms with van der Waals surface area (Å²) in [5.41, 5.74) is 1.35. The van der Waals surface area contributed by atoms with Gasteiger partial charge in [0.25, 0.3) is 0 Å². The van der Waals surface area contributed by atoms with E-state index in [1.165, 1.54) is 15.3 Å². The van der Waals surface area contributed by atoms with E-state index >= 15 is 0 Å². The molecule has 1 atom stereocenters. The van der Waals surface area contributed by atoms with Crippen molar-refractivity contribution in [2.75, 3.05) is 7.05 Å². The van der Waals surface area contributed by atoms with Crippen molar-refractivity contribution in [1.29, 1.82) is 0 Å². The average Bonchev–Trinajstić information content (AvgIpc) is 2.80. The van der Waals surface area contributed by atoms with E-state index in [-0.39, 0.29) is 6.04 Å². The van der Waals surface area contributed by atoms with E-state index in [9.17, 15) is 0 Å². The maximum Gasteiger partial charge on any atom is 0.126 e. The lowest BCUT2D eigenvalue weighted by atomic mass is 10.1. The van der Waals surface area contributed by atoms with Crippen LogP contribution >= 0.6 is 11.3 Å². The summed E-state index contributed by atoms with van der Waals surface area (Å²) in [5, 5.41) is 3.28. The van der Waals surface area contributed by atoms with Gasteiger partial charge in [0, 0.05) is 9.75 Å². The van der Waals surface area contributed by atoms with Crippen molar-refractivity contribution >= 4 is 11.3 Å². The standard InChI is InChI=1S/C12H15NOS/c1-8-7-11(15-9(8)2)12(13-3)10-5-4-6-14-10/h4-7,12-13H,1-3H3. The number of furan rings is 1. The van der Waals surface area contributed by atoms with Gasteiger partial charge in [0.2, 0.25) is 0 Å². The molecule has 0 aromatic carbocycles. The largest absolute Gasteiger partial charge is 0.467 e. The molecule has 0 fully saturated rings. The van der Waals surface area contributed by atoms with Crippen LogP contribution in [0.2, 0.25) is 0 Å². The summed E-state index contributed by atoms with van der Waals surface area (Å²) in [7, 11) is 1.96. The van der Waals surface area contributed by atoms with E-state index in [0.29, 0.717) is 0 Å². The molecule has 2 nitrogen and oxygen atoms in total. The molecule has 0 aliphatic rings. The van der Waals surface area contributed by atoms with Crippen LogP contribution < -0.4 is 5.32 Å². The Morgan fingerprint density at radius 1 is 1.40 bits per heavy atom. The molecule has 2 rings (SSSR count). The first-order valence-corrected chi connectivity index (χ1v) is 5.81. The zero-order valence-corrected chi connectivity index (χ0v) is 10.0. The summed E-state index contributed by atoms with van der Waals surface area (Å²) < 4.78 is 5.43. The van der Waals surface area contributed by atoms with E-state index in [4.69, 9.17) is 4.42 Å². The Morgan fingerprint density at radius 2 is 2.20 bits per heavy atom. The van der Waals surface area contributed by atoms with Crippen LogP contribution in [0.4, 0.5) is 0 Å². The third-order valence-corrected chi connectivity index (χ3v) is 3.80. The van der Waals surface area contributed by atoms with Crippen molar-refractivity contribution in [1.82, 2.24) is 5.32 Å². The third-order valence-electron chi connectivity index (χ3n) is 2.59. The monoisotopic (exact) mass is 221 g/mol. The molecule has 15 heavy (non-hydrogen) atoms. The fourth-order valence-electron chi connectivity index (χ4n) is 1.62. The Morgan fingerprint density at radius 3 is 2.67 bits per heavy atom. The van der Waals surface area contributed by atoms with Gasteiger partial charge in [-0.25, -0.2) is 0 Å². The fraction of sp³-hybridized carbons (Fsp3) is 0.333. The Balaban J connectivity index is 2.35. The molecule has 2 aromatic rings. The van der Waals surface area contributed by atoms with Gasteiger partial charge in [0.15, 0.2) is 0 Å². The molecule has 0 saturated carbocycles. The SMILES string of the molecule is CNC(c1ccco1)c1cc(C)c(C)s1. The highest BCUT2D eigenvalue weighted by molar-refractivity contribution is 7.12. The maximum absolute atomic E-state index is 5.43. The number of nitrogens with one attached hydrogen (secondary N) is 1. The highest BCUT2D eigenvalue weighted by Crippen LogP contribution is 2.30. The third kappa shape index (κ3) is 1.98. The average molecular weight is 221 g/mol. The maximum atomic E-state index is 5.43. The van der Waals surface area contributed by atoms with Gasteiger partial charge in [0.1, 0.15) is 11.8 Å². The van der Waals surface area contributed by atoms with Crippen LogP contribution in [0.3, 0.4) is 0 Å². The molecule has 2 heterocycles. The van der Waals surface area contributed by atoms with Crippen LogP contribution in [-0.2, 0) is 0 Å². The van der Waals surface area contributed by atoms with Gasteiger partial charge in [0.05, 0.1) is 6.26 Å². The molecular formula is C12H15NOS. The van der Waals surface area contributed by atoms with Gasteiger partial charge in [-0.1, -0.05) is 0 Å². The highest BCUT2D eigenvalue weighted by Gasteiger charge is 2.17. The topological polar surface area (TPSA) is 25.2 Å². The molecule has 0 spiro atoms. The minimum Gasteiger partial charge on any atom is -0.467 e. The van der Waals surface area contributed by atoms with Gasteiger partial charge < -0.3 is 9.73 Å². The lowest BCUT2D eigenvalue weighted by Gasteiger charge is -2.10. The molecule has 1 unspecified atom stereocenters. The highest BCUT2D eigenvalue weighted by atomic mass is 32.1. The summed E-state index contributed by atoms with van der Waals surface area (Å²) in [6, 6.07) is 6.33. The Hall–Kier alpha value is -1.06. The summed E-state index contributed by atoms with van der Waals surface area (Å²) in [6.45, 7) is 4.29. The second-order valence-electron chi connectivity index (χ2n) is 3.63. The summed E-state index contributed by atoms with van der Waals surface area (Å²) in [4.78, 5) is 2.68. The molecule has 3 heteroatoms. The molecule has 2 aromatic heterocycles. The number of thiophene rings is 1. The van der Waals surface area contributed by atoms with E-state index in [1.54, 1.807) is 6.26 Å². The molecule has 0 saturated heterocycles. The van der Waals surface area contributed by atoms with Crippen LogP contribution in [-0.4, -0.2) is 7.05 Å². The van der Waals surface area contributed by atoms with Crippen molar-refractivity contribution in [2.24, 2.45) is 0 Å². The Labute approximate surface area is 93.9 Å². The van der Waals surface area contributed by atoms with Gasteiger partial charge in [-0.2, -0.15) is 0 Å². The first kappa shape index (κ1) is 10.5. The lowest BCUT2D eigenvalue weighted by molar-refractivity contribution is 0.466. The predicted molar refractivity (Wildman–Crippen MR) is 63.4 cm³/mol. The first-order chi connectivity index (χ1) is 7.22. The van der Waals surface area contributed by atoms with Gasteiger partial charge in [-0.3, -0.25) is 0 Å². The Bertz CT molecular complexity index is 411. The molecule has 0 aliphatic carbocycles. The van der Waals surface area contributed by atoms with Crippen molar-refractivity contribution < 1.29 is 4.42 Å². The van der Waals surface area contributed by atoms with Gasteiger partial charge in [-0.15, -0.1) is 11.3 Å². The molecule has 0 aliphatic heterocycles. The lowest BCUT2D eigenvalue weighted by Crippen LogP contribution is -2.15. The number of aryl methyl sites for hydroxylation is 2. The van der Waals surface area contributed by atoms with Gasteiger partial charge >= 0.3 is 0 Å². The predicted octanol–water partition coefficient (Wildman–Crippen LogP) is 3.27. The second-order valence-corrected chi connectivity index (χ2v) is 4.91.